The van der Waals surface area contributed by atoms with Crippen LogP contribution in [-0.4, -0.2) is 59.8 Å². The fraction of sp³-hybridized carbons (Fsp3) is 0.273. The Hall–Kier alpha value is -4.08. The summed E-state index contributed by atoms with van der Waals surface area (Å²) < 4.78 is 15.7. The van der Waals surface area contributed by atoms with Crippen molar-refractivity contribution in [1.82, 2.24) is 15.0 Å². The van der Waals surface area contributed by atoms with Gasteiger partial charge >= 0.3 is 0 Å². The average Bonchev–Trinajstić information content (AvgIpc) is 3.47. The summed E-state index contributed by atoms with van der Waals surface area (Å²) >= 11 is 0. The average molecular weight is 435 g/mol. The summed E-state index contributed by atoms with van der Waals surface area (Å²) in [7, 11) is 0. The van der Waals surface area contributed by atoms with Gasteiger partial charge in [0.1, 0.15) is 5.76 Å². The molecule has 0 spiro atoms. The minimum absolute atomic E-state index is 0.151. The number of aryl methyl sites for hydroxylation is 1. The molecular formula is C22H21N5O5. The second-order valence-electron chi connectivity index (χ2n) is 7.50. The number of pyridine rings is 1. The van der Waals surface area contributed by atoms with Crippen molar-refractivity contribution in [1.29, 1.82) is 0 Å². The number of hydrogen-bond acceptors (Lipinski definition) is 8. The smallest absolute Gasteiger partial charge is 0.276 e. The number of piperazine rings is 1. The first-order chi connectivity index (χ1) is 15.6. The van der Waals surface area contributed by atoms with Gasteiger partial charge < -0.3 is 29.1 Å². The molecular weight excluding hydrogens is 414 g/mol. The molecule has 2 amide bonds. The first kappa shape index (κ1) is 19.9. The molecule has 3 aromatic rings. The number of ether oxygens (including phenoxy) is 2. The van der Waals surface area contributed by atoms with E-state index in [0.29, 0.717) is 66.2 Å². The Balaban J connectivity index is 1.27. The highest BCUT2D eigenvalue weighted by atomic mass is 16.7. The van der Waals surface area contributed by atoms with Crippen LogP contribution >= 0.6 is 0 Å². The van der Waals surface area contributed by atoms with E-state index in [1.54, 1.807) is 48.4 Å². The number of anilines is 2. The highest BCUT2D eigenvalue weighted by Gasteiger charge is 2.26. The molecule has 4 heterocycles. The molecule has 10 heteroatoms. The van der Waals surface area contributed by atoms with Crippen LogP contribution in [0.15, 0.2) is 47.1 Å². The van der Waals surface area contributed by atoms with Gasteiger partial charge in [-0.3, -0.25) is 9.59 Å². The van der Waals surface area contributed by atoms with Crippen molar-refractivity contribution in [2.24, 2.45) is 0 Å². The van der Waals surface area contributed by atoms with Gasteiger partial charge in [0.05, 0.1) is 5.69 Å². The van der Waals surface area contributed by atoms with Gasteiger partial charge in [-0.05, 0) is 37.3 Å². The SMILES string of the molecule is Cc1cc(C(=O)N2CCN(c3ncccc3NC(=O)c3ccc4c(c3)OCO4)CC2)no1. The highest BCUT2D eigenvalue weighted by molar-refractivity contribution is 6.06. The number of carbonyl (C=O) groups is 2. The lowest BCUT2D eigenvalue weighted by Gasteiger charge is -2.35. The third-order valence-corrected chi connectivity index (χ3v) is 5.38. The van der Waals surface area contributed by atoms with Crippen molar-refractivity contribution in [2.75, 3.05) is 43.2 Å². The zero-order chi connectivity index (χ0) is 22.1. The Morgan fingerprint density at radius 3 is 2.62 bits per heavy atom. The maximum Gasteiger partial charge on any atom is 0.276 e. The number of nitrogens with zero attached hydrogens (tertiary/aromatic N) is 4. The fourth-order valence-electron chi connectivity index (χ4n) is 3.73. The lowest BCUT2D eigenvalue weighted by molar-refractivity contribution is 0.0736. The monoisotopic (exact) mass is 435 g/mol. The van der Waals surface area contributed by atoms with Crippen LogP contribution < -0.4 is 19.7 Å². The molecule has 10 nitrogen and oxygen atoms in total. The molecule has 0 unspecified atom stereocenters. The van der Waals surface area contributed by atoms with E-state index in [1.165, 1.54) is 0 Å². The predicted molar refractivity (Wildman–Crippen MR) is 114 cm³/mol. The number of carbonyl (C=O) groups excluding carboxylic acids is 2. The molecule has 2 aliphatic rings. The molecule has 0 bridgehead atoms. The summed E-state index contributed by atoms with van der Waals surface area (Å²) in [6, 6.07) is 10.3. The molecule has 0 atom stereocenters. The molecule has 1 N–H and O–H groups in total. The van der Waals surface area contributed by atoms with Crippen molar-refractivity contribution >= 4 is 23.3 Å². The first-order valence-corrected chi connectivity index (χ1v) is 10.2. The minimum atomic E-state index is -0.271. The maximum atomic E-state index is 12.8. The van der Waals surface area contributed by atoms with E-state index >= 15 is 0 Å². The standard InChI is InChI=1S/C22H21N5O5/c1-14-11-17(25-32-14)22(29)27-9-7-26(8-10-27)20-16(3-2-6-23-20)24-21(28)15-4-5-18-19(12-15)31-13-30-18/h2-6,11-12H,7-10,13H2,1H3,(H,24,28). The van der Waals surface area contributed by atoms with Crippen LogP contribution in [0.5, 0.6) is 11.5 Å². The Bertz CT molecular complexity index is 1170. The molecule has 1 fully saturated rings. The molecule has 0 aliphatic carbocycles. The lowest BCUT2D eigenvalue weighted by Crippen LogP contribution is -2.49. The maximum absolute atomic E-state index is 12.8. The summed E-state index contributed by atoms with van der Waals surface area (Å²) in [5.41, 5.74) is 1.37. The zero-order valence-corrected chi connectivity index (χ0v) is 17.4. The van der Waals surface area contributed by atoms with Crippen LogP contribution in [0, 0.1) is 6.92 Å². The second-order valence-corrected chi connectivity index (χ2v) is 7.50. The number of benzene rings is 1. The molecule has 0 saturated carbocycles. The molecule has 1 aromatic carbocycles. The van der Waals surface area contributed by atoms with Gasteiger partial charge in [-0.25, -0.2) is 4.98 Å². The summed E-state index contributed by atoms with van der Waals surface area (Å²) in [5, 5.41) is 6.74. The Labute approximate surface area is 183 Å². The minimum Gasteiger partial charge on any atom is -0.454 e. The number of fused-ring (bicyclic) bond motifs is 1. The van der Waals surface area contributed by atoms with Crippen molar-refractivity contribution < 1.29 is 23.6 Å². The lowest BCUT2D eigenvalue weighted by atomic mass is 10.2. The van der Waals surface area contributed by atoms with E-state index in [0.717, 1.165) is 0 Å². The normalized spacial score (nSPS) is 15.0. The van der Waals surface area contributed by atoms with Crippen LogP contribution in [0.25, 0.3) is 0 Å². The number of nitrogens with one attached hydrogen (secondary N) is 1. The molecule has 32 heavy (non-hydrogen) atoms. The van der Waals surface area contributed by atoms with E-state index in [-0.39, 0.29) is 18.6 Å². The summed E-state index contributed by atoms with van der Waals surface area (Å²) in [6.45, 7) is 4.08. The van der Waals surface area contributed by atoms with Gasteiger partial charge in [-0.2, -0.15) is 0 Å². The predicted octanol–water partition coefficient (Wildman–Crippen LogP) is 2.32. The van der Waals surface area contributed by atoms with E-state index in [9.17, 15) is 9.59 Å². The zero-order valence-electron chi connectivity index (χ0n) is 17.4. The molecule has 1 saturated heterocycles. The van der Waals surface area contributed by atoms with Gasteiger partial charge in [0, 0.05) is 44.0 Å². The summed E-state index contributed by atoms with van der Waals surface area (Å²) in [5.74, 6) is 2.00. The molecule has 2 aliphatic heterocycles. The van der Waals surface area contributed by atoms with Gasteiger partial charge in [-0.15, -0.1) is 0 Å². The van der Waals surface area contributed by atoms with Gasteiger partial charge in [0.15, 0.2) is 23.0 Å². The molecule has 0 radical (unpaired) electrons. The van der Waals surface area contributed by atoms with Crippen molar-refractivity contribution in [2.45, 2.75) is 6.92 Å². The van der Waals surface area contributed by atoms with Crippen LogP contribution in [0.3, 0.4) is 0 Å². The van der Waals surface area contributed by atoms with Crippen LogP contribution in [0.1, 0.15) is 26.6 Å². The largest absolute Gasteiger partial charge is 0.454 e. The third-order valence-electron chi connectivity index (χ3n) is 5.38. The van der Waals surface area contributed by atoms with Crippen molar-refractivity contribution in [3.63, 3.8) is 0 Å². The Morgan fingerprint density at radius 1 is 1.03 bits per heavy atom. The van der Waals surface area contributed by atoms with Crippen LogP contribution in [0.2, 0.25) is 0 Å². The number of aromatic nitrogens is 2. The molecule has 164 valence electrons. The van der Waals surface area contributed by atoms with Crippen LogP contribution in [0.4, 0.5) is 11.5 Å². The number of amides is 2. The van der Waals surface area contributed by atoms with Crippen LogP contribution in [-0.2, 0) is 0 Å². The Morgan fingerprint density at radius 2 is 1.84 bits per heavy atom. The van der Waals surface area contributed by atoms with Gasteiger partial charge in [-0.1, -0.05) is 5.16 Å². The van der Waals surface area contributed by atoms with Crippen molar-refractivity contribution in [3.8, 4) is 11.5 Å². The van der Waals surface area contributed by atoms with E-state index in [2.05, 4.69) is 15.5 Å². The van der Waals surface area contributed by atoms with E-state index in [4.69, 9.17) is 14.0 Å². The van der Waals surface area contributed by atoms with Gasteiger partial charge in [0.25, 0.3) is 11.8 Å². The summed E-state index contributed by atoms with van der Waals surface area (Å²) in [6.07, 6.45) is 1.68. The highest BCUT2D eigenvalue weighted by Crippen LogP contribution is 2.33. The molecule has 5 rings (SSSR count). The third kappa shape index (κ3) is 3.82. The quantitative estimate of drug-likeness (QED) is 0.665. The van der Waals surface area contributed by atoms with Gasteiger partial charge in [0.2, 0.25) is 6.79 Å². The molecule has 2 aromatic heterocycles. The summed E-state index contributed by atoms with van der Waals surface area (Å²) in [4.78, 5) is 33.7. The van der Waals surface area contributed by atoms with E-state index in [1.807, 2.05) is 11.0 Å². The number of rotatable bonds is 4. The van der Waals surface area contributed by atoms with E-state index < -0.39 is 0 Å². The Kier molecular flexibility index (Phi) is 5.10. The first-order valence-electron chi connectivity index (χ1n) is 10.2. The number of hydrogen-bond donors (Lipinski definition) is 1. The topological polar surface area (TPSA) is 110 Å². The van der Waals surface area contributed by atoms with Crippen molar-refractivity contribution in [3.05, 3.63) is 59.6 Å². The second kappa shape index (κ2) is 8.22. The fourth-order valence-corrected chi connectivity index (χ4v) is 3.73.